The van der Waals surface area contributed by atoms with Gasteiger partial charge in [0.1, 0.15) is 60.9 Å². The fourth-order valence-corrected chi connectivity index (χ4v) is 12.1. The predicted octanol–water partition coefficient (Wildman–Crippen LogP) is 7.94. The highest BCUT2D eigenvalue weighted by molar-refractivity contribution is 7.13. The number of methoxy groups -OCH3 is 1. The van der Waals surface area contributed by atoms with Crippen molar-refractivity contribution in [2.24, 2.45) is 5.92 Å². The Kier molecular flexibility index (Phi) is 16.1. The second kappa shape index (κ2) is 23.5. The summed E-state index contributed by atoms with van der Waals surface area (Å²) in [5.41, 5.74) is 10.1. The van der Waals surface area contributed by atoms with Crippen molar-refractivity contribution in [3.05, 3.63) is 112 Å². The number of alkyl halides is 1. The van der Waals surface area contributed by atoms with Crippen molar-refractivity contribution in [3.8, 4) is 44.6 Å². The van der Waals surface area contributed by atoms with E-state index in [4.69, 9.17) is 24.2 Å². The van der Waals surface area contributed by atoms with Crippen molar-refractivity contribution in [2.45, 2.75) is 102 Å². The van der Waals surface area contributed by atoms with E-state index >= 15 is 4.39 Å². The molecule has 2 saturated heterocycles. The number of H-pyrrole nitrogens is 1. The number of fused-ring (bicyclic) bond motifs is 2. The highest BCUT2D eigenvalue weighted by atomic mass is 32.1. The third kappa shape index (κ3) is 11.2. The minimum absolute atomic E-state index is 0.0137. The molecule has 4 aromatic heterocycles. The first-order chi connectivity index (χ1) is 39.2. The maximum absolute atomic E-state index is 16.1. The molecule has 1 saturated carbocycles. The van der Waals surface area contributed by atoms with Gasteiger partial charge in [0.2, 0.25) is 11.8 Å². The lowest BCUT2D eigenvalue weighted by Crippen LogP contribution is -2.50. The number of carbonyl (C=O) groups is 2. The summed E-state index contributed by atoms with van der Waals surface area (Å²) in [6, 6.07) is 16.2. The van der Waals surface area contributed by atoms with Gasteiger partial charge in [-0.25, -0.2) is 18.4 Å². The van der Waals surface area contributed by atoms with E-state index in [1.807, 2.05) is 76.3 Å². The van der Waals surface area contributed by atoms with E-state index in [0.29, 0.717) is 56.1 Å². The molecule has 2 aliphatic heterocycles. The number of halogens is 2. The van der Waals surface area contributed by atoms with E-state index in [9.17, 15) is 24.2 Å². The maximum atomic E-state index is 16.1. The SMILES string of the molecule is CO[C@H](CF)COc1nc(N(C)[C@H]2CCNC2)c2cc(C3CC3)c(-c3c(C)c(F)cc4[nH]ncc34)c(OCc3ccc(-c4cn([C@H](C(=O)N5C[C@H](O)C[C@H]5C(=O)N[C@@H](CO)c5ccc(-c6scnc6C)cc5)C(C)C)nn4)cc3)c2n1. The molecule has 22 heteroatoms. The number of benzene rings is 4. The van der Waals surface area contributed by atoms with Gasteiger partial charge >= 0.3 is 6.01 Å². The Bertz CT molecular complexity index is 3560. The predicted molar refractivity (Wildman–Crippen MR) is 303 cm³/mol. The van der Waals surface area contributed by atoms with Crippen molar-refractivity contribution in [1.82, 2.24) is 55.7 Å². The Balaban J connectivity index is 0.875. The number of nitrogens with one attached hydrogen (secondary N) is 3. The molecule has 0 spiro atoms. The Morgan fingerprint density at radius 1 is 1.00 bits per heavy atom. The molecule has 2 amide bonds. The average molecular weight is 1130 g/mol. The summed E-state index contributed by atoms with van der Waals surface area (Å²) in [4.78, 5) is 47.5. The number of ether oxygens (including phenoxy) is 3. The van der Waals surface area contributed by atoms with Crippen LogP contribution in [0.2, 0.25) is 0 Å². The van der Waals surface area contributed by atoms with Crippen LogP contribution in [0.1, 0.15) is 85.5 Å². The number of β-amino-alcohol motifs (C(OH)–C–C–N with tert-alkyl or cyclic N) is 1. The van der Waals surface area contributed by atoms with Crippen LogP contribution < -0.4 is 25.0 Å². The van der Waals surface area contributed by atoms with Crippen molar-refractivity contribution < 1.29 is 42.8 Å². The zero-order chi connectivity index (χ0) is 56.6. The number of amides is 2. The quantitative estimate of drug-likeness (QED) is 0.0460. The lowest BCUT2D eigenvalue weighted by atomic mass is 9.88. The summed E-state index contributed by atoms with van der Waals surface area (Å²) in [7, 11) is 3.42. The van der Waals surface area contributed by atoms with E-state index in [1.54, 1.807) is 24.8 Å². The first kappa shape index (κ1) is 55.4. The summed E-state index contributed by atoms with van der Waals surface area (Å²) < 4.78 is 50.0. The monoisotopic (exact) mass is 1120 g/mol. The summed E-state index contributed by atoms with van der Waals surface area (Å²) in [5, 5.41) is 45.4. The summed E-state index contributed by atoms with van der Waals surface area (Å²) in [6.07, 6.45) is 4.39. The van der Waals surface area contributed by atoms with Gasteiger partial charge in [-0.2, -0.15) is 15.1 Å². The number of nitrogens with zero attached hydrogens (tertiary/aromatic N) is 9. The number of rotatable bonds is 21. The zero-order valence-corrected chi connectivity index (χ0v) is 46.8. The number of anilines is 1. The summed E-state index contributed by atoms with van der Waals surface area (Å²) in [6.45, 7) is 7.80. The Morgan fingerprint density at radius 3 is 2.46 bits per heavy atom. The van der Waals surface area contributed by atoms with Crippen LogP contribution in [0.3, 0.4) is 0 Å². The van der Waals surface area contributed by atoms with Gasteiger partial charge in [-0.05, 0) is 91.4 Å². The van der Waals surface area contributed by atoms with Crippen molar-refractivity contribution in [1.29, 1.82) is 0 Å². The van der Waals surface area contributed by atoms with Crippen LogP contribution in [0.15, 0.2) is 78.6 Å². The number of likely N-dealkylation sites (N-methyl/N-ethyl adjacent to an activating group) is 1. The number of aryl methyl sites for hydroxylation is 1. The van der Waals surface area contributed by atoms with Crippen LogP contribution >= 0.6 is 11.3 Å². The van der Waals surface area contributed by atoms with Crippen LogP contribution in [0.4, 0.5) is 14.6 Å². The van der Waals surface area contributed by atoms with Gasteiger partial charge in [0.15, 0.2) is 5.75 Å². The molecule has 3 aliphatic rings. The van der Waals surface area contributed by atoms with Crippen LogP contribution in [0.5, 0.6) is 11.8 Å². The van der Waals surface area contributed by atoms with E-state index in [2.05, 4.69) is 47.1 Å². The smallest absolute Gasteiger partial charge is 0.319 e. The van der Waals surface area contributed by atoms with E-state index < -0.39 is 54.6 Å². The number of aromatic nitrogens is 8. The first-order valence-electron chi connectivity index (χ1n) is 27.4. The number of aliphatic hydroxyl groups excluding tert-OH is 2. The maximum Gasteiger partial charge on any atom is 0.319 e. The van der Waals surface area contributed by atoms with Gasteiger partial charge in [-0.3, -0.25) is 14.7 Å². The Morgan fingerprint density at radius 2 is 1.78 bits per heavy atom. The molecule has 19 nitrogen and oxygen atoms in total. The molecule has 11 rings (SSSR count). The van der Waals surface area contributed by atoms with Crippen LogP contribution in [-0.2, 0) is 20.9 Å². The number of carbonyl (C=O) groups excluding carboxylic acids is 2. The number of likely N-dealkylation sites (tertiary alicyclic amines) is 1. The lowest BCUT2D eigenvalue weighted by molar-refractivity contribution is -0.142. The first-order valence-corrected chi connectivity index (χ1v) is 28.3. The minimum atomic E-state index is -0.994. The van der Waals surface area contributed by atoms with Gasteiger partial charge in [0.25, 0.3) is 0 Å². The normalized spacial score (nSPS) is 18.5. The second-order valence-corrected chi connectivity index (χ2v) is 22.6. The molecule has 0 radical (unpaired) electrons. The number of hydrogen-bond acceptors (Lipinski definition) is 16. The van der Waals surface area contributed by atoms with Crippen molar-refractivity contribution in [2.75, 3.05) is 58.6 Å². The number of thiazole rings is 1. The van der Waals surface area contributed by atoms with Crippen molar-refractivity contribution in [3.63, 3.8) is 0 Å². The number of aromatic amines is 1. The van der Waals surface area contributed by atoms with Gasteiger partial charge in [-0.1, -0.05) is 67.6 Å². The molecule has 6 atom stereocenters. The molecule has 0 unspecified atom stereocenters. The Hall–Kier alpha value is -7.50. The standard InChI is InChI=1S/C59H66F2N12O7S/c1-31(2)53(58(77)72-25-40(75)19-49(72)57(76)65-48(27-74)37-13-15-38(16-14-37)55-33(4)63-30-81-55)73-26-47(69-70-73)36-9-7-34(8-10-36)28-79-54-51(50-32(3)45(61)21-46-44(50)24-64-68-46)42(35-11-12-35)20-43-52(54)66-59(80-29-41(22-60)78-6)67-56(43)71(5)39-17-18-62-23-39/h7-10,13-16,20-21,24,26,30-31,35,39-41,48-49,53,62,74-75H,11-12,17-19,22-23,25,27-29H2,1-6H3,(H,64,68)(H,65,76)/t39-,40+,41+,48-,49-,53-/m0/s1. The van der Waals surface area contributed by atoms with Crippen molar-refractivity contribution >= 4 is 50.8 Å². The van der Waals surface area contributed by atoms with Gasteiger partial charge in [0, 0.05) is 67.2 Å². The molecule has 81 heavy (non-hydrogen) atoms. The second-order valence-electron chi connectivity index (χ2n) is 21.7. The Labute approximate surface area is 471 Å². The molecule has 6 heterocycles. The molecular formula is C59H66F2N12O7S. The number of aliphatic hydroxyl groups is 2. The molecule has 1 aliphatic carbocycles. The molecule has 5 N–H and O–H groups in total. The van der Waals surface area contributed by atoms with E-state index in [-0.39, 0.29) is 56.7 Å². The van der Waals surface area contributed by atoms with Gasteiger partial charge in [-0.15, -0.1) is 16.4 Å². The van der Waals surface area contributed by atoms with Gasteiger partial charge < -0.3 is 44.9 Å². The van der Waals surface area contributed by atoms with Crippen LogP contribution in [0, 0.1) is 25.6 Å². The van der Waals surface area contributed by atoms with Crippen LogP contribution in [0.25, 0.3) is 54.6 Å². The van der Waals surface area contributed by atoms with Gasteiger partial charge in [0.05, 0.1) is 52.7 Å². The third-order valence-corrected chi connectivity index (χ3v) is 16.9. The molecule has 3 fully saturated rings. The fraction of sp³-hybridized carbons (Fsp3) is 0.424. The number of hydrogen-bond donors (Lipinski definition) is 5. The molecule has 4 aromatic carbocycles. The molecule has 424 valence electrons. The minimum Gasteiger partial charge on any atom is -0.486 e. The molecule has 0 bridgehead atoms. The average Bonchev–Trinajstić information content (AvgIpc) is 4.07. The molecular weight excluding hydrogens is 1060 g/mol. The molecule has 8 aromatic rings. The lowest BCUT2D eigenvalue weighted by Gasteiger charge is -2.30. The largest absolute Gasteiger partial charge is 0.486 e. The topological polar surface area (TPSA) is 231 Å². The van der Waals surface area contributed by atoms with E-state index in [1.165, 1.54) is 34.1 Å². The highest BCUT2D eigenvalue weighted by Gasteiger charge is 2.43. The van der Waals surface area contributed by atoms with Crippen LogP contribution in [-0.4, -0.2) is 145 Å². The van der Waals surface area contributed by atoms with E-state index in [0.717, 1.165) is 70.4 Å². The third-order valence-electron chi connectivity index (χ3n) is 16.0. The zero-order valence-electron chi connectivity index (χ0n) is 46.0. The summed E-state index contributed by atoms with van der Waals surface area (Å²) in [5.74, 6) is -0.388. The highest BCUT2D eigenvalue weighted by Crippen LogP contribution is 2.53. The fourth-order valence-electron chi connectivity index (χ4n) is 11.2. The summed E-state index contributed by atoms with van der Waals surface area (Å²) >= 11 is 1.53.